The molecule has 0 aliphatic rings. The molecule has 0 fully saturated rings. The SMILES string of the molecule is CC(N[C@@H](c1cccc(Cl)c1)C(C)(C)O)C(Cc1ccc(Cl)cc1)c1cccc(C#N)c1. The van der Waals surface area contributed by atoms with Crippen LogP contribution in [0.2, 0.25) is 10.0 Å². The maximum Gasteiger partial charge on any atom is 0.0991 e. The fourth-order valence-electron chi connectivity index (χ4n) is 4.07. The molecule has 2 unspecified atom stereocenters. The summed E-state index contributed by atoms with van der Waals surface area (Å²) in [6, 6.07) is 25.0. The maximum absolute atomic E-state index is 11.0. The molecule has 0 aromatic heterocycles. The molecule has 2 N–H and O–H groups in total. The number of hydrogen-bond donors (Lipinski definition) is 2. The monoisotopic (exact) mass is 466 g/mol. The minimum Gasteiger partial charge on any atom is -0.388 e. The zero-order valence-corrected chi connectivity index (χ0v) is 20.0. The van der Waals surface area contributed by atoms with E-state index in [9.17, 15) is 10.4 Å². The fourth-order valence-corrected chi connectivity index (χ4v) is 4.39. The van der Waals surface area contributed by atoms with Gasteiger partial charge < -0.3 is 10.4 Å². The van der Waals surface area contributed by atoms with Gasteiger partial charge in [0.2, 0.25) is 0 Å². The van der Waals surface area contributed by atoms with Crippen molar-refractivity contribution in [2.45, 2.75) is 50.8 Å². The van der Waals surface area contributed by atoms with Crippen LogP contribution in [0, 0.1) is 11.3 Å². The molecule has 0 amide bonds. The van der Waals surface area contributed by atoms with Gasteiger partial charge in [0.25, 0.3) is 0 Å². The van der Waals surface area contributed by atoms with Crippen LogP contribution in [0.15, 0.2) is 72.8 Å². The molecule has 5 heteroatoms. The summed E-state index contributed by atoms with van der Waals surface area (Å²) < 4.78 is 0. The first-order chi connectivity index (χ1) is 15.2. The molecular formula is C27H28Cl2N2O. The number of benzene rings is 3. The van der Waals surface area contributed by atoms with Crippen LogP contribution in [0.25, 0.3) is 0 Å². The topological polar surface area (TPSA) is 56.0 Å². The van der Waals surface area contributed by atoms with Crippen molar-refractivity contribution in [2.75, 3.05) is 0 Å². The van der Waals surface area contributed by atoms with Gasteiger partial charge in [0, 0.05) is 22.0 Å². The molecule has 0 heterocycles. The molecule has 0 saturated heterocycles. The van der Waals surface area contributed by atoms with Crippen LogP contribution in [0.5, 0.6) is 0 Å². The van der Waals surface area contributed by atoms with Crippen LogP contribution in [-0.4, -0.2) is 16.7 Å². The molecular weight excluding hydrogens is 439 g/mol. The van der Waals surface area contributed by atoms with Gasteiger partial charge in [-0.15, -0.1) is 0 Å². The third-order valence-corrected chi connectivity index (χ3v) is 6.22. The molecule has 3 rings (SSSR count). The fraction of sp³-hybridized carbons (Fsp3) is 0.296. The first kappa shape index (κ1) is 24.3. The number of aliphatic hydroxyl groups is 1. The third-order valence-electron chi connectivity index (χ3n) is 5.73. The largest absolute Gasteiger partial charge is 0.388 e. The van der Waals surface area contributed by atoms with E-state index in [4.69, 9.17) is 23.2 Å². The van der Waals surface area contributed by atoms with Crippen molar-refractivity contribution in [1.82, 2.24) is 5.32 Å². The lowest BCUT2D eigenvalue weighted by Crippen LogP contribution is -2.45. The van der Waals surface area contributed by atoms with Crippen molar-refractivity contribution in [1.29, 1.82) is 5.26 Å². The molecule has 3 nitrogen and oxygen atoms in total. The summed E-state index contributed by atoms with van der Waals surface area (Å²) in [5, 5.41) is 25.3. The Kier molecular flexibility index (Phi) is 7.98. The molecule has 32 heavy (non-hydrogen) atoms. The third kappa shape index (κ3) is 6.34. The highest BCUT2D eigenvalue weighted by atomic mass is 35.5. The van der Waals surface area contributed by atoms with Gasteiger partial charge in [-0.1, -0.05) is 59.6 Å². The standard InChI is InChI=1S/C27H28Cl2N2O/c1-18(31-26(27(2,3)32)22-8-5-9-24(29)16-22)25(15-19-10-12-23(28)13-11-19)21-7-4-6-20(14-21)17-30/h4-14,16,18,25-26,31-32H,15H2,1-3H3/t18?,25?,26-/m0/s1. The van der Waals surface area contributed by atoms with Gasteiger partial charge in [0.15, 0.2) is 0 Å². The Balaban J connectivity index is 1.96. The van der Waals surface area contributed by atoms with E-state index >= 15 is 0 Å². The number of rotatable bonds is 8. The van der Waals surface area contributed by atoms with E-state index in [0.717, 1.165) is 23.1 Å². The first-order valence-electron chi connectivity index (χ1n) is 10.7. The van der Waals surface area contributed by atoms with Gasteiger partial charge in [0.1, 0.15) is 0 Å². The van der Waals surface area contributed by atoms with E-state index in [-0.39, 0.29) is 18.0 Å². The van der Waals surface area contributed by atoms with Crippen molar-refractivity contribution < 1.29 is 5.11 Å². The Morgan fingerprint density at radius 1 is 0.938 bits per heavy atom. The zero-order chi connectivity index (χ0) is 23.3. The van der Waals surface area contributed by atoms with Gasteiger partial charge in [-0.3, -0.25) is 0 Å². The number of halogens is 2. The van der Waals surface area contributed by atoms with E-state index in [1.165, 1.54) is 0 Å². The molecule has 0 aliphatic heterocycles. The second-order valence-electron chi connectivity index (χ2n) is 8.77. The smallest absolute Gasteiger partial charge is 0.0991 e. The highest BCUT2D eigenvalue weighted by Gasteiger charge is 2.32. The first-order valence-corrected chi connectivity index (χ1v) is 11.4. The van der Waals surface area contributed by atoms with Gasteiger partial charge >= 0.3 is 0 Å². The molecule has 0 spiro atoms. The van der Waals surface area contributed by atoms with E-state index < -0.39 is 5.60 Å². The molecule has 0 radical (unpaired) electrons. The molecule has 0 aliphatic carbocycles. The number of nitriles is 1. The average Bonchev–Trinajstić information content (AvgIpc) is 2.76. The summed E-state index contributed by atoms with van der Waals surface area (Å²) >= 11 is 12.3. The highest BCUT2D eigenvalue weighted by Crippen LogP contribution is 2.32. The molecule has 0 saturated carbocycles. The van der Waals surface area contributed by atoms with Crippen molar-refractivity contribution in [2.24, 2.45) is 0 Å². The van der Waals surface area contributed by atoms with Crippen LogP contribution >= 0.6 is 23.2 Å². The van der Waals surface area contributed by atoms with Crippen LogP contribution < -0.4 is 5.32 Å². The normalized spacial score (nSPS) is 14.4. The number of hydrogen-bond acceptors (Lipinski definition) is 3. The van der Waals surface area contributed by atoms with E-state index in [1.54, 1.807) is 13.8 Å². The van der Waals surface area contributed by atoms with Crippen molar-refractivity contribution in [3.8, 4) is 6.07 Å². The second-order valence-corrected chi connectivity index (χ2v) is 9.64. The van der Waals surface area contributed by atoms with Crippen LogP contribution in [0.3, 0.4) is 0 Å². The van der Waals surface area contributed by atoms with Crippen LogP contribution in [0.4, 0.5) is 0 Å². The second kappa shape index (κ2) is 10.5. The van der Waals surface area contributed by atoms with E-state index in [2.05, 4.69) is 24.4 Å². The lowest BCUT2D eigenvalue weighted by Gasteiger charge is -2.36. The molecule has 3 atom stereocenters. The predicted molar refractivity (Wildman–Crippen MR) is 132 cm³/mol. The van der Waals surface area contributed by atoms with Gasteiger partial charge in [-0.25, -0.2) is 0 Å². The van der Waals surface area contributed by atoms with Crippen LogP contribution in [-0.2, 0) is 6.42 Å². The molecule has 0 bridgehead atoms. The van der Waals surface area contributed by atoms with Crippen LogP contribution in [0.1, 0.15) is 55.0 Å². The van der Waals surface area contributed by atoms with Crippen molar-refractivity contribution in [3.05, 3.63) is 105 Å². The zero-order valence-electron chi connectivity index (χ0n) is 18.5. The summed E-state index contributed by atoms with van der Waals surface area (Å²) in [5.74, 6) is 0.0634. The Morgan fingerprint density at radius 3 is 2.22 bits per heavy atom. The Bertz CT molecular complexity index is 1080. The van der Waals surface area contributed by atoms with E-state index in [1.807, 2.05) is 66.7 Å². The molecule has 3 aromatic carbocycles. The highest BCUT2D eigenvalue weighted by molar-refractivity contribution is 6.30. The summed E-state index contributed by atoms with van der Waals surface area (Å²) in [6.07, 6.45) is 0.758. The van der Waals surface area contributed by atoms with Crippen molar-refractivity contribution >= 4 is 23.2 Å². The lowest BCUT2D eigenvalue weighted by atomic mass is 9.83. The molecule has 3 aromatic rings. The minimum absolute atomic E-state index is 0.0185. The Hall–Kier alpha value is -2.35. The average molecular weight is 467 g/mol. The summed E-state index contributed by atoms with van der Waals surface area (Å²) in [6.45, 7) is 5.70. The van der Waals surface area contributed by atoms with Crippen molar-refractivity contribution in [3.63, 3.8) is 0 Å². The number of nitrogens with one attached hydrogen (secondary N) is 1. The number of nitrogens with zero attached hydrogens (tertiary/aromatic N) is 1. The summed E-state index contributed by atoms with van der Waals surface area (Å²) in [4.78, 5) is 0. The van der Waals surface area contributed by atoms with Gasteiger partial charge in [-0.2, -0.15) is 5.26 Å². The quantitative estimate of drug-likeness (QED) is 0.389. The minimum atomic E-state index is -1.02. The molecule has 166 valence electrons. The lowest BCUT2D eigenvalue weighted by molar-refractivity contribution is 0.0316. The summed E-state index contributed by atoms with van der Waals surface area (Å²) in [7, 11) is 0. The Morgan fingerprint density at radius 2 is 1.59 bits per heavy atom. The van der Waals surface area contributed by atoms with E-state index in [0.29, 0.717) is 15.6 Å². The maximum atomic E-state index is 11.0. The van der Waals surface area contributed by atoms with Gasteiger partial charge in [-0.05, 0) is 80.3 Å². The Labute approximate surface area is 200 Å². The van der Waals surface area contributed by atoms with Gasteiger partial charge in [0.05, 0.1) is 23.3 Å². The summed E-state index contributed by atoms with van der Waals surface area (Å²) in [5.41, 5.74) is 2.76. The predicted octanol–water partition coefficient (Wildman–Crippen LogP) is 6.68.